The number of hydrogen-bond donors (Lipinski definition) is 2. The van der Waals surface area contributed by atoms with Gasteiger partial charge in [0, 0.05) is 25.5 Å². The van der Waals surface area contributed by atoms with Crippen LogP contribution in [0.15, 0.2) is 36.7 Å². The van der Waals surface area contributed by atoms with Gasteiger partial charge in [0.25, 0.3) is 0 Å². The maximum absolute atomic E-state index is 14.0. The van der Waals surface area contributed by atoms with Crippen LogP contribution >= 0.6 is 0 Å². The molecule has 0 spiro atoms. The number of carbonyl (C=O) groups is 2. The normalized spacial score (nSPS) is 21.8. The standard InChI is InChI=1S/C28H38N6O2/c1-19(29-2)27(35)32-25(20-8-4-3-5-9-20)28(36)33-16-7-11-23(33)22-12-15-30-24(18-22)34-17-13-21-10-6-14-31-26(21)34/h6,10,12,14-15,18-20,23,25,29H,3-5,7-9,11,13,16-17H2,1-2H3,(H,32,35). The van der Waals surface area contributed by atoms with Gasteiger partial charge in [-0.15, -0.1) is 0 Å². The van der Waals surface area contributed by atoms with E-state index in [0.29, 0.717) is 0 Å². The Morgan fingerprint density at radius 2 is 1.86 bits per heavy atom. The topological polar surface area (TPSA) is 90.5 Å². The Morgan fingerprint density at radius 1 is 1.03 bits per heavy atom. The second-order valence-electron chi connectivity index (χ2n) is 10.4. The molecule has 4 heterocycles. The Balaban J connectivity index is 1.38. The predicted octanol–water partition coefficient (Wildman–Crippen LogP) is 3.51. The molecular formula is C28H38N6O2. The number of anilines is 2. The van der Waals surface area contributed by atoms with Crippen LogP contribution in [0, 0.1) is 5.92 Å². The molecule has 5 rings (SSSR count). The molecule has 0 bridgehead atoms. The first-order chi connectivity index (χ1) is 17.6. The number of nitrogens with one attached hydrogen (secondary N) is 2. The predicted molar refractivity (Wildman–Crippen MR) is 140 cm³/mol. The first kappa shape index (κ1) is 24.7. The molecule has 2 aromatic rings. The van der Waals surface area contributed by atoms with Gasteiger partial charge >= 0.3 is 0 Å². The number of hydrogen-bond acceptors (Lipinski definition) is 6. The summed E-state index contributed by atoms with van der Waals surface area (Å²) in [4.78, 5) is 40.3. The molecule has 2 fully saturated rings. The Bertz CT molecular complexity index is 1090. The van der Waals surface area contributed by atoms with Gasteiger partial charge in [-0.05, 0) is 81.3 Å². The molecule has 36 heavy (non-hydrogen) atoms. The molecule has 3 atom stereocenters. The van der Waals surface area contributed by atoms with Crippen LogP contribution in [0.5, 0.6) is 0 Å². The Hall–Kier alpha value is -3.00. The summed E-state index contributed by atoms with van der Waals surface area (Å²) in [5.41, 5.74) is 2.34. The maximum atomic E-state index is 14.0. The van der Waals surface area contributed by atoms with E-state index in [1.165, 1.54) is 12.0 Å². The average molecular weight is 491 g/mol. The molecule has 1 saturated heterocycles. The zero-order valence-electron chi connectivity index (χ0n) is 21.4. The number of rotatable bonds is 7. The molecule has 3 unspecified atom stereocenters. The summed E-state index contributed by atoms with van der Waals surface area (Å²) in [5.74, 6) is 2.00. The number of nitrogens with zero attached hydrogens (tertiary/aromatic N) is 4. The van der Waals surface area contributed by atoms with Crippen molar-refractivity contribution < 1.29 is 9.59 Å². The second-order valence-corrected chi connectivity index (χ2v) is 10.4. The molecule has 0 radical (unpaired) electrons. The maximum Gasteiger partial charge on any atom is 0.245 e. The van der Waals surface area contributed by atoms with Crippen molar-refractivity contribution in [2.24, 2.45) is 5.92 Å². The SMILES string of the molecule is CNC(C)C(=O)NC(C(=O)N1CCCC1c1ccnc(N2CCc3cccnc32)c1)C1CCCCC1. The minimum Gasteiger partial charge on any atom is -0.343 e. The molecule has 2 amide bonds. The van der Waals surface area contributed by atoms with E-state index < -0.39 is 6.04 Å². The number of pyridine rings is 2. The van der Waals surface area contributed by atoms with E-state index in [1.54, 1.807) is 7.05 Å². The third-order valence-electron chi connectivity index (χ3n) is 8.21. The second kappa shape index (κ2) is 10.9. The smallest absolute Gasteiger partial charge is 0.245 e. The van der Waals surface area contributed by atoms with Gasteiger partial charge in [-0.3, -0.25) is 9.59 Å². The summed E-state index contributed by atoms with van der Waals surface area (Å²) < 4.78 is 0. The fraction of sp³-hybridized carbons (Fsp3) is 0.571. The zero-order chi connectivity index (χ0) is 25.1. The lowest BCUT2D eigenvalue weighted by Crippen LogP contribution is -2.55. The van der Waals surface area contributed by atoms with Crippen LogP contribution in [0.4, 0.5) is 11.6 Å². The van der Waals surface area contributed by atoms with E-state index in [9.17, 15) is 9.59 Å². The van der Waals surface area contributed by atoms with Crippen molar-refractivity contribution in [1.29, 1.82) is 0 Å². The summed E-state index contributed by atoms with van der Waals surface area (Å²) in [6.45, 7) is 3.41. The number of likely N-dealkylation sites (tertiary alicyclic amines) is 1. The highest BCUT2D eigenvalue weighted by Crippen LogP contribution is 2.37. The van der Waals surface area contributed by atoms with E-state index in [1.807, 2.05) is 36.4 Å². The molecule has 1 saturated carbocycles. The molecular weight excluding hydrogens is 452 g/mol. The highest BCUT2D eigenvalue weighted by molar-refractivity contribution is 5.90. The molecule has 8 nitrogen and oxygen atoms in total. The summed E-state index contributed by atoms with van der Waals surface area (Å²) in [5, 5.41) is 6.13. The summed E-state index contributed by atoms with van der Waals surface area (Å²) in [6.07, 6.45) is 11.9. The van der Waals surface area contributed by atoms with Gasteiger partial charge in [0.15, 0.2) is 0 Å². The van der Waals surface area contributed by atoms with Gasteiger partial charge in [-0.25, -0.2) is 9.97 Å². The third-order valence-corrected chi connectivity index (χ3v) is 8.21. The van der Waals surface area contributed by atoms with Crippen molar-refractivity contribution in [1.82, 2.24) is 25.5 Å². The van der Waals surface area contributed by atoms with Crippen molar-refractivity contribution in [2.75, 3.05) is 25.0 Å². The molecule has 2 N–H and O–H groups in total. The zero-order valence-corrected chi connectivity index (χ0v) is 21.4. The molecule has 3 aliphatic rings. The fourth-order valence-electron chi connectivity index (χ4n) is 6.03. The molecule has 192 valence electrons. The first-order valence-corrected chi connectivity index (χ1v) is 13.5. The van der Waals surface area contributed by atoms with E-state index in [2.05, 4.69) is 37.6 Å². The molecule has 2 aromatic heterocycles. The quantitative estimate of drug-likeness (QED) is 0.617. The van der Waals surface area contributed by atoms with E-state index in [-0.39, 0.29) is 29.8 Å². The lowest BCUT2D eigenvalue weighted by molar-refractivity contribution is -0.139. The van der Waals surface area contributed by atoms with Crippen LogP contribution in [0.25, 0.3) is 0 Å². The van der Waals surface area contributed by atoms with Crippen molar-refractivity contribution in [3.63, 3.8) is 0 Å². The first-order valence-electron chi connectivity index (χ1n) is 13.5. The molecule has 0 aromatic carbocycles. The van der Waals surface area contributed by atoms with E-state index in [0.717, 1.165) is 75.2 Å². The van der Waals surface area contributed by atoms with Crippen molar-refractivity contribution in [3.05, 3.63) is 47.8 Å². The van der Waals surface area contributed by atoms with E-state index in [4.69, 9.17) is 0 Å². The Kier molecular flexibility index (Phi) is 7.51. The highest BCUT2D eigenvalue weighted by Gasteiger charge is 2.39. The van der Waals surface area contributed by atoms with Crippen LogP contribution in [0.1, 0.15) is 69.0 Å². The molecule has 8 heteroatoms. The van der Waals surface area contributed by atoms with Crippen molar-refractivity contribution in [3.8, 4) is 0 Å². The largest absolute Gasteiger partial charge is 0.343 e. The van der Waals surface area contributed by atoms with Crippen molar-refractivity contribution in [2.45, 2.75) is 76.4 Å². The number of carbonyl (C=O) groups excluding carboxylic acids is 2. The average Bonchev–Trinajstić information content (AvgIpc) is 3.59. The fourth-order valence-corrected chi connectivity index (χ4v) is 6.03. The lowest BCUT2D eigenvalue weighted by atomic mass is 9.83. The van der Waals surface area contributed by atoms with Crippen molar-refractivity contribution >= 4 is 23.5 Å². The molecule has 1 aliphatic carbocycles. The van der Waals surface area contributed by atoms with Gasteiger partial charge in [0.2, 0.25) is 11.8 Å². The summed E-state index contributed by atoms with van der Waals surface area (Å²) in [7, 11) is 1.77. The van der Waals surface area contributed by atoms with Gasteiger partial charge in [0.05, 0.1) is 12.1 Å². The van der Waals surface area contributed by atoms with Crippen LogP contribution in [-0.2, 0) is 16.0 Å². The summed E-state index contributed by atoms with van der Waals surface area (Å²) >= 11 is 0. The number of amides is 2. The van der Waals surface area contributed by atoms with Gasteiger partial charge in [0.1, 0.15) is 17.7 Å². The molecule has 2 aliphatic heterocycles. The highest BCUT2D eigenvalue weighted by atomic mass is 16.2. The van der Waals surface area contributed by atoms with Gasteiger partial charge in [-0.1, -0.05) is 25.3 Å². The number of likely N-dealkylation sites (N-methyl/N-ethyl adjacent to an activating group) is 1. The van der Waals surface area contributed by atoms with Crippen LogP contribution in [-0.4, -0.2) is 58.9 Å². The summed E-state index contributed by atoms with van der Waals surface area (Å²) in [6, 6.07) is 7.45. The third kappa shape index (κ3) is 4.96. The van der Waals surface area contributed by atoms with Crippen LogP contribution in [0.3, 0.4) is 0 Å². The number of aromatic nitrogens is 2. The monoisotopic (exact) mass is 490 g/mol. The number of fused-ring (bicyclic) bond motifs is 1. The van der Waals surface area contributed by atoms with Gasteiger partial charge in [-0.2, -0.15) is 0 Å². The van der Waals surface area contributed by atoms with Crippen LogP contribution in [0.2, 0.25) is 0 Å². The minimum absolute atomic E-state index is 0.00484. The van der Waals surface area contributed by atoms with E-state index >= 15 is 0 Å². The van der Waals surface area contributed by atoms with Gasteiger partial charge < -0.3 is 20.4 Å². The Morgan fingerprint density at radius 3 is 2.67 bits per heavy atom. The Labute approximate surface area is 213 Å². The lowest BCUT2D eigenvalue weighted by Gasteiger charge is -2.35. The minimum atomic E-state index is -0.467. The van der Waals surface area contributed by atoms with Crippen LogP contribution < -0.4 is 15.5 Å².